The number of rotatable bonds is 1. The second kappa shape index (κ2) is 3.16. The molecule has 2 heterocycles. The molecule has 0 bridgehead atoms. The van der Waals surface area contributed by atoms with E-state index in [9.17, 15) is 0 Å². The highest BCUT2D eigenvalue weighted by Gasteiger charge is 2.23. The van der Waals surface area contributed by atoms with E-state index in [0.717, 1.165) is 22.7 Å². The fourth-order valence-electron chi connectivity index (χ4n) is 1.93. The zero-order valence-electron chi connectivity index (χ0n) is 8.82. The summed E-state index contributed by atoms with van der Waals surface area (Å²) in [5.74, 6) is 2.22. The molecule has 1 atom stereocenters. The van der Waals surface area contributed by atoms with Crippen LogP contribution in [0, 0.1) is 0 Å². The van der Waals surface area contributed by atoms with Gasteiger partial charge in [-0.3, -0.25) is 5.10 Å². The molecule has 1 aromatic rings. The minimum atomic E-state index is 0.107. The summed E-state index contributed by atoms with van der Waals surface area (Å²) in [6.07, 6.45) is 8.01. The van der Waals surface area contributed by atoms with Crippen LogP contribution in [0.15, 0.2) is 29.6 Å². The molecule has 0 aromatic carbocycles. The molecule has 0 spiro atoms. The summed E-state index contributed by atoms with van der Waals surface area (Å²) in [6, 6.07) is 0.107. The predicted octanol–water partition coefficient (Wildman–Crippen LogP) is 1.27. The fourth-order valence-corrected chi connectivity index (χ4v) is 1.93. The fraction of sp³-hybridized carbons (Fsp3) is 0.182. The van der Waals surface area contributed by atoms with Gasteiger partial charge >= 0.3 is 0 Å². The lowest BCUT2D eigenvalue weighted by atomic mass is 9.96. The van der Waals surface area contributed by atoms with Gasteiger partial charge in [-0.2, -0.15) is 5.10 Å². The molecule has 82 valence electrons. The van der Waals surface area contributed by atoms with E-state index in [1.165, 1.54) is 0 Å². The predicted molar refractivity (Wildman–Crippen MR) is 62.6 cm³/mol. The van der Waals surface area contributed by atoms with Gasteiger partial charge < -0.3 is 15.8 Å². The maximum atomic E-state index is 5.77. The zero-order chi connectivity index (χ0) is 11.1. The maximum absolute atomic E-state index is 5.77. The van der Waals surface area contributed by atoms with Crippen molar-refractivity contribution < 1.29 is 4.74 Å². The van der Waals surface area contributed by atoms with Gasteiger partial charge in [-0.25, -0.2) is 0 Å². The highest BCUT2D eigenvalue weighted by molar-refractivity contribution is 5.80. The quantitative estimate of drug-likeness (QED) is 0.660. The summed E-state index contributed by atoms with van der Waals surface area (Å²) in [5.41, 5.74) is 7.85. The number of methoxy groups -OCH3 is 1. The van der Waals surface area contributed by atoms with Crippen molar-refractivity contribution in [3.05, 3.63) is 35.1 Å². The smallest absolute Gasteiger partial charge is 0.158 e. The summed E-state index contributed by atoms with van der Waals surface area (Å²) < 4.78 is 5.19. The van der Waals surface area contributed by atoms with E-state index in [2.05, 4.69) is 15.5 Å². The van der Waals surface area contributed by atoms with Crippen LogP contribution in [-0.2, 0) is 4.74 Å². The average Bonchev–Trinajstić information content (AvgIpc) is 2.67. The number of hydrogen-bond acceptors (Lipinski definition) is 4. The van der Waals surface area contributed by atoms with Crippen molar-refractivity contribution in [1.29, 1.82) is 0 Å². The second-order valence-corrected chi connectivity index (χ2v) is 3.77. The van der Waals surface area contributed by atoms with Crippen LogP contribution in [0.4, 0.5) is 11.6 Å². The molecule has 5 heteroatoms. The number of anilines is 2. The van der Waals surface area contributed by atoms with E-state index in [4.69, 9.17) is 10.5 Å². The molecule has 16 heavy (non-hydrogen) atoms. The number of nitrogens with zero attached hydrogens (tertiary/aromatic N) is 1. The lowest BCUT2D eigenvalue weighted by molar-refractivity contribution is 0.304. The van der Waals surface area contributed by atoms with Crippen LogP contribution in [0.3, 0.4) is 0 Å². The first-order valence-electron chi connectivity index (χ1n) is 5.04. The Labute approximate surface area is 92.7 Å². The standard InChI is InChI=1S/C11H12N4O/c1-16-7-3-2-6-4-8-10(12)14-15-11(8)13-9(6)5-7/h2-5,9H,1H3,(H4,12,13,14,15)/t9-/m0/s1. The Hall–Kier alpha value is -2.17. The van der Waals surface area contributed by atoms with Crippen LogP contribution < -0.4 is 11.1 Å². The maximum Gasteiger partial charge on any atom is 0.158 e. The van der Waals surface area contributed by atoms with Crippen molar-refractivity contribution in [2.75, 3.05) is 18.2 Å². The van der Waals surface area contributed by atoms with Crippen molar-refractivity contribution in [3.63, 3.8) is 0 Å². The Morgan fingerprint density at radius 3 is 3.12 bits per heavy atom. The van der Waals surface area contributed by atoms with Crippen LogP contribution >= 0.6 is 0 Å². The molecule has 0 unspecified atom stereocenters. The van der Waals surface area contributed by atoms with E-state index in [0.29, 0.717) is 5.82 Å². The molecule has 5 nitrogen and oxygen atoms in total. The summed E-state index contributed by atoms with van der Waals surface area (Å²) in [6.45, 7) is 0. The van der Waals surface area contributed by atoms with Crippen molar-refractivity contribution in [2.24, 2.45) is 0 Å². The number of fused-ring (bicyclic) bond motifs is 2. The van der Waals surface area contributed by atoms with Crippen LogP contribution in [0.2, 0.25) is 0 Å². The van der Waals surface area contributed by atoms with Gasteiger partial charge in [-0.1, -0.05) is 6.08 Å². The summed E-state index contributed by atoms with van der Waals surface area (Å²) in [7, 11) is 1.66. The van der Waals surface area contributed by atoms with E-state index in [1.807, 2.05) is 24.3 Å². The van der Waals surface area contributed by atoms with Crippen LogP contribution in [-0.4, -0.2) is 23.3 Å². The minimum absolute atomic E-state index is 0.107. The minimum Gasteiger partial charge on any atom is -0.497 e. The number of nitrogens with one attached hydrogen (secondary N) is 2. The van der Waals surface area contributed by atoms with E-state index in [-0.39, 0.29) is 6.04 Å². The Balaban J connectivity index is 2.04. The van der Waals surface area contributed by atoms with Gasteiger partial charge in [-0.15, -0.1) is 0 Å². The lowest BCUT2D eigenvalue weighted by Gasteiger charge is -2.24. The molecule has 0 radical (unpaired) electrons. The highest BCUT2D eigenvalue weighted by atomic mass is 16.5. The zero-order valence-corrected chi connectivity index (χ0v) is 8.82. The Kier molecular flexibility index (Phi) is 1.80. The largest absolute Gasteiger partial charge is 0.497 e. The SMILES string of the molecule is COC1=C[C@@H]2Nc3n[nH]c(N)c3C=C2C=C1. The first kappa shape index (κ1) is 9.08. The van der Waals surface area contributed by atoms with Crippen LogP contribution in [0.5, 0.6) is 0 Å². The molecule has 2 aliphatic rings. The molecule has 0 saturated carbocycles. The molecule has 1 aliphatic heterocycles. The van der Waals surface area contributed by atoms with E-state index < -0.39 is 0 Å². The number of ether oxygens (including phenoxy) is 1. The average molecular weight is 216 g/mol. The molecule has 0 amide bonds. The molecule has 4 N–H and O–H groups in total. The Morgan fingerprint density at radius 2 is 2.31 bits per heavy atom. The van der Waals surface area contributed by atoms with Crippen molar-refractivity contribution in [1.82, 2.24) is 10.2 Å². The van der Waals surface area contributed by atoms with E-state index >= 15 is 0 Å². The number of hydrogen-bond donors (Lipinski definition) is 3. The first-order valence-corrected chi connectivity index (χ1v) is 5.04. The molecular formula is C11H12N4O. The second-order valence-electron chi connectivity index (χ2n) is 3.77. The van der Waals surface area contributed by atoms with Gasteiger partial charge in [0.2, 0.25) is 0 Å². The number of H-pyrrole nitrogens is 1. The molecule has 0 fully saturated rings. The number of nitrogens with two attached hydrogens (primary N) is 1. The summed E-state index contributed by atoms with van der Waals surface area (Å²) in [4.78, 5) is 0. The van der Waals surface area contributed by atoms with Crippen LogP contribution in [0.1, 0.15) is 5.56 Å². The summed E-state index contributed by atoms with van der Waals surface area (Å²) >= 11 is 0. The number of aromatic amines is 1. The number of nitrogen functional groups attached to an aromatic ring is 1. The van der Waals surface area contributed by atoms with Crippen molar-refractivity contribution in [3.8, 4) is 0 Å². The monoisotopic (exact) mass is 216 g/mol. The normalized spacial score (nSPS) is 21.4. The van der Waals surface area contributed by atoms with Crippen molar-refractivity contribution >= 4 is 17.7 Å². The van der Waals surface area contributed by atoms with Gasteiger partial charge in [0.15, 0.2) is 5.82 Å². The number of aromatic nitrogens is 2. The first-order chi connectivity index (χ1) is 7.78. The molecule has 1 aliphatic carbocycles. The van der Waals surface area contributed by atoms with Crippen molar-refractivity contribution in [2.45, 2.75) is 6.04 Å². The summed E-state index contributed by atoms with van der Waals surface area (Å²) in [5, 5.41) is 10.1. The third kappa shape index (κ3) is 1.21. The highest BCUT2D eigenvalue weighted by Crippen LogP contribution is 2.32. The Bertz CT molecular complexity index is 524. The van der Waals surface area contributed by atoms with E-state index in [1.54, 1.807) is 7.11 Å². The topological polar surface area (TPSA) is 76.0 Å². The lowest BCUT2D eigenvalue weighted by Crippen LogP contribution is -2.24. The molecule has 3 rings (SSSR count). The number of allylic oxidation sites excluding steroid dienone is 1. The molecular weight excluding hydrogens is 204 g/mol. The molecule has 0 saturated heterocycles. The van der Waals surface area contributed by atoms with Gasteiger partial charge in [-0.05, 0) is 23.8 Å². The third-order valence-corrected chi connectivity index (χ3v) is 2.80. The van der Waals surface area contributed by atoms with Gasteiger partial charge in [0.05, 0.1) is 18.7 Å². The molecule has 1 aromatic heterocycles. The third-order valence-electron chi connectivity index (χ3n) is 2.80. The van der Waals surface area contributed by atoms with Gasteiger partial charge in [0.25, 0.3) is 0 Å². The Morgan fingerprint density at radius 1 is 1.44 bits per heavy atom. The van der Waals surface area contributed by atoms with Gasteiger partial charge in [0, 0.05) is 0 Å². The van der Waals surface area contributed by atoms with Gasteiger partial charge in [0.1, 0.15) is 11.6 Å². The van der Waals surface area contributed by atoms with Crippen LogP contribution in [0.25, 0.3) is 6.08 Å².